The van der Waals surface area contributed by atoms with Gasteiger partial charge in [-0.3, -0.25) is 10.0 Å². The molecule has 0 atom stereocenters. The summed E-state index contributed by atoms with van der Waals surface area (Å²) in [5.41, 5.74) is 2.24. The normalized spacial score (nSPS) is 19.3. The molecule has 0 spiro atoms. The minimum atomic E-state index is -4.05. The lowest BCUT2D eigenvalue weighted by Crippen LogP contribution is -2.62. The molecular weight excluding hydrogens is 458 g/mol. The Bertz CT molecular complexity index is 1120. The molecule has 1 amide bonds. The summed E-state index contributed by atoms with van der Waals surface area (Å²) < 4.78 is 58.6. The zero-order valence-electron chi connectivity index (χ0n) is 17.7. The van der Waals surface area contributed by atoms with E-state index in [9.17, 15) is 22.0 Å². The number of aromatic nitrogens is 1. The van der Waals surface area contributed by atoms with Gasteiger partial charge in [0.2, 0.25) is 10.0 Å². The fourth-order valence-corrected chi connectivity index (χ4v) is 6.37. The van der Waals surface area contributed by atoms with Gasteiger partial charge < -0.3 is 9.64 Å². The van der Waals surface area contributed by atoms with E-state index in [-0.39, 0.29) is 44.7 Å². The average molecular weight is 483 g/mol. The van der Waals surface area contributed by atoms with Crippen LogP contribution in [0.15, 0.2) is 36.5 Å². The standard InChI is InChI=1S/C21H24F2N4O5S/c22-16-2-3-17(18(23)13-16)15-1-4-19(24-14-15)26-7-9-27(10-8-26)33(30,31)21(20(28)25-29)5-11-32-12-6-21/h1-4,13-14,29H,5-12H2,(H,25,28). The number of rotatable bonds is 5. The van der Waals surface area contributed by atoms with Crippen molar-refractivity contribution >= 4 is 21.7 Å². The third-order valence-corrected chi connectivity index (χ3v) is 8.83. The summed E-state index contributed by atoms with van der Waals surface area (Å²) in [6, 6.07) is 6.70. The summed E-state index contributed by atoms with van der Waals surface area (Å²) in [4.78, 5) is 18.6. The first-order chi connectivity index (χ1) is 15.8. The number of sulfonamides is 1. The molecule has 33 heavy (non-hydrogen) atoms. The molecule has 12 heteroatoms. The summed E-state index contributed by atoms with van der Waals surface area (Å²) in [5, 5.41) is 9.16. The molecule has 0 saturated carbocycles. The number of amides is 1. The molecule has 2 aliphatic heterocycles. The molecule has 1 aromatic heterocycles. The Kier molecular flexibility index (Phi) is 6.61. The van der Waals surface area contributed by atoms with Crippen LogP contribution < -0.4 is 10.4 Å². The molecule has 0 unspecified atom stereocenters. The van der Waals surface area contributed by atoms with Crippen LogP contribution in [0.25, 0.3) is 11.1 Å². The molecule has 2 N–H and O–H groups in total. The number of nitrogens with zero attached hydrogens (tertiary/aromatic N) is 3. The first kappa shape index (κ1) is 23.5. The lowest BCUT2D eigenvalue weighted by molar-refractivity contribution is -0.134. The van der Waals surface area contributed by atoms with Crippen molar-refractivity contribution in [2.75, 3.05) is 44.3 Å². The monoisotopic (exact) mass is 482 g/mol. The number of benzene rings is 1. The average Bonchev–Trinajstić information content (AvgIpc) is 2.84. The predicted octanol–water partition coefficient (Wildman–Crippen LogP) is 1.53. The number of hydrogen-bond acceptors (Lipinski definition) is 7. The minimum absolute atomic E-state index is 0.0368. The van der Waals surface area contributed by atoms with Gasteiger partial charge in [0.05, 0.1) is 0 Å². The SMILES string of the molecule is O=C(NO)C1(S(=O)(=O)N2CCN(c3ccc(-c4ccc(F)cc4F)cn3)CC2)CCOCC1. The fourth-order valence-electron chi connectivity index (χ4n) is 4.27. The second-order valence-corrected chi connectivity index (χ2v) is 10.2. The predicted molar refractivity (Wildman–Crippen MR) is 115 cm³/mol. The molecule has 4 rings (SSSR count). The van der Waals surface area contributed by atoms with Gasteiger partial charge in [0.15, 0.2) is 4.75 Å². The topological polar surface area (TPSA) is 112 Å². The first-order valence-electron chi connectivity index (χ1n) is 10.5. The van der Waals surface area contributed by atoms with Crippen LogP contribution in [0.2, 0.25) is 0 Å². The maximum absolute atomic E-state index is 14.0. The number of nitrogens with one attached hydrogen (secondary N) is 1. The van der Waals surface area contributed by atoms with E-state index in [1.165, 1.54) is 28.1 Å². The number of halogens is 2. The fraction of sp³-hybridized carbons (Fsp3) is 0.429. The molecule has 0 aliphatic carbocycles. The molecule has 2 aromatic rings. The van der Waals surface area contributed by atoms with Gasteiger partial charge in [-0.05, 0) is 24.3 Å². The van der Waals surface area contributed by atoms with Gasteiger partial charge in [-0.25, -0.2) is 27.7 Å². The highest BCUT2D eigenvalue weighted by molar-refractivity contribution is 7.91. The van der Waals surface area contributed by atoms with E-state index >= 15 is 0 Å². The van der Waals surface area contributed by atoms with E-state index in [1.807, 2.05) is 4.90 Å². The van der Waals surface area contributed by atoms with E-state index in [0.717, 1.165) is 6.07 Å². The second kappa shape index (κ2) is 9.29. The zero-order chi connectivity index (χ0) is 23.6. The van der Waals surface area contributed by atoms with Crippen LogP contribution in [-0.2, 0) is 19.6 Å². The number of anilines is 1. The van der Waals surface area contributed by atoms with E-state index in [2.05, 4.69) is 4.98 Å². The van der Waals surface area contributed by atoms with Crippen molar-refractivity contribution in [2.24, 2.45) is 0 Å². The van der Waals surface area contributed by atoms with Crippen molar-refractivity contribution in [3.05, 3.63) is 48.2 Å². The summed E-state index contributed by atoms with van der Waals surface area (Å²) in [5.74, 6) is -1.70. The smallest absolute Gasteiger partial charge is 0.266 e. The number of piperazine rings is 1. The lowest BCUT2D eigenvalue weighted by Gasteiger charge is -2.41. The van der Waals surface area contributed by atoms with Gasteiger partial charge in [-0.15, -0.1) is 0 Å². The molecule has 0 bridgehead atoms. The van der Waals surface area contributed by atoms with Gasteiger partial charge in [0.1, 0.15) is 17.5 Å². The molecule has 2 aliphatic rings. The van der Waals surface area contributed by atoms with Gasteiger partial charge in [-0.2, -0.15) is 4.31 Å². The van der Waals surface area contributed by atoms with Crippen molar-refractivity contribution in [1.29, 1.82) is 0 Å². The Morgan fingerprint density at radius 3 is 2.36 bits per heavy atom. The number of ether oxygens (including phenoxy) is 1. The maximum atomic E-state index is 14.0. The molecule has 178 valence electrons. The summed E-state index contributed by atoms with van der Waals surface area (Å²) in [6.07, 6.45) is 1.41. The highest BCUT2D eigenvalue weighted by atomic mass is 32.2. The van der Waals surface area contributed by atoms with E-state index in [1.54, 1.807) is 12.1 Å². The van der Waals surface area contributed by atoms with Crippen molar-refractivity contribution in [3.63, 3.8) is 0 Å². The van der Waals surface area contributed by atoms with E-state index in [0.29, 0.717) is 24.5 Å². The van der Waals surface area contributed by atoms with Crippen molar-refractivity contribution in [1.82, 2.24) is 14.8 Å². The van der Waals surface area contributed by atoms with E-state index in [4.69, 9.17) is 9.94 Å². The Morgan fingerprint density at radius 2 is 1.79 bits per heavy atom. The third kappa shape index (κ3) is 4.31. The molecule has 2 fully saturated rings. The molecule has 2 saturated heterocycles. The lowest BCUT2D eigenvalue weighted by atomic mass is 9.98. The third-order valence-electron chi connectivity index (χ3n) is 6.20. The zero-order valence-corrected chi connectivity index (χ0v) is 18.5. The van der Waals surface area contributed by atoms with E-state index < -0.39 is 32.3 Å². The Balaban J connectivity index is 1.46. The molecule has 3 heterocycles. The van der Waals surface area contributed by atoms with Crippen LogP contribution in [0.4, 0.5) is 14.6 Å². The van der Waals surface area contributed by atoms with Gasteiger partial charge in [0.25, 0.3) is 5.91 Å². The summed E-state index contributed by atoms with van der Waals surface area (Å²) in [7, 11) is -4.05. The number of carbonyl (C=O) groups excluding carboxylic acids is 1. The number of hydrogen-bond donors (Lipinski definition) is 2. The number of pyridine rings is 1. The van der Waals surface area contributed by atoms with Crippen LogP contribution in [0.5, 0.6) is 0 Å². The van der Waals surface area contributed by atoms with Gasteiger partial charge >= 0.3 is 0 Å². The Morgan fingerprint density at radius 1 is 1.09 bits per heavy atom. The summed E-state index contributed by atoms with van der Waals surface area (Å²) in [6.45, 7) is 1.17. The van der Waals surface area contributed by atoms with Crippen LogP contribution in [0.3, 0.4) is 0 Å². The van der Waals surface area contributed by atoms with Crippen LogP contribution in [-0.4, -0.2) is 73.0 Å². The van der Waals surface area contributed by atoms with Crippen LogP contribution in [0.1, 0.15) is 12.8 Å². The maximum Gasteiger partial charge on any atom is 0.266 e. The quantitative estimate of drug-likeness (QED) is 0.491. The number of hydroxylamine groups is 1. The van der Waals surface area contributed by atoms with Crippen molar-refractivity contribution in [2.45, 2.75) is 17.6 Å². The Hall–Kier alpha value is -2.67. The van der Waals surface area contributed by atoms with Gasteiger partial charge in [0, 0.05) is 75.6 Å². The number of carbonyl (C=O) groups is 1. The molecule has 9 nitrogen and oxygen atoms in total. The minimum Gasteiger partial charge on any atom is -0.381 e. The summed E-state index contributed by atoms with van der Waals surface area (Å²) >= 11 is 0. The highest BCUT2D eigenvalue weighted by Crippen LogP contribution is 2.34. The first-order valence-corrected chi connectivity index (χ1v) is 11.9. The van der Waals surface area contributed by atoms with Gasteiger partial charge in [-0.1, -0.05) is 0 Å². The molecular formula is C21H24F2N4O5S. The second-order valence-electron chi connectivity index (χ2n) is 7.97. The highest BCUT2D eigenvalue weighted by Gasteiger charge is 2.54. The van der Waals surface area contributed by atoms with Crippen LogP contribution >= 0.6 is 0 Å². The molecule has 0 radical (unpaired) electrons. The molecule has 1 aromatic carbocycles. The Labute approximate surface area is 190 Å². The largest absolute Gasteiger partial charge is 0.381 e. The van der Waals surface area contributed by atoms with Crippen molar-refractivity contribution in [3.8, 4) is 11.1 Å². The van der Waals surface area contributed by atoms with Crippen LogP contribution in [0, 0.1) is 11.6 Å². The van der Waals surface area contributed by atoms with Crippen molar-refractivity contribution < 1.29 is 31.9 Å².